The average molecular weight is 474 g/mol. The molecule has 2 heterocycles. The number of likely N-dealkylation sites (tertiary alicyclic amines) is 1. The number of carbonyl (C=O) groups is 3. The lowest BCUT2D eigenvalue weighted by Gasteiger charge is -2.40. The standard InChI is InChI=1S/C26H39N3O5/c1-6-33-22(30)19-10-13-28(14-11-19)21-17-26(5,23(27)31)12-7-20(21)18-8-15-29(16-9-18)24(32)34-25(2,3)4/h7-8,17,19H,6,9-16H2,1-5H3,(H2,27,31). The van der Waals surface area contributed by atoms with E-state index in [1.165, 1.54) is 0 Å². The number of allylic oxidation sites excluding steroid dienone is 2. The van der Waals surface area contributed by atoms with Crippen molar-refractivity contribution in [2.75, 3.05) is 32.8 Å². The summed E-state index contributed by atoms with van der Waals surface area (Å²) in [5.74, 6) is -0.572. The summed E-state index contributed by atoms with van der Waals surface area (Å²) in [6.45, 7) is 12.1. The molecule has 0 saturated carbocycles. The molecule has 0 aromatic rings. The average Bonchev–Trinajstić information content (AvgIpc) is 2.78. The van der Waals surface area contributed by atoms with Crippen LogP contribution in [0.1, 0.15) is 60.3 Å². The first kappa shape index (κ1) is 25.8. The third-order valence-corrected chi connectivity index (χ3v) is 6.69. The van der Waals surface area contributed by atoms with Gasteiger partial charge < -0.3 is 25.0 Å². The number of hydrogen-bond acceptors (Lipinski definition) is 6. The summed E-state index contributed by atoms with van der Waals surface area (Å²) in [4.78, 5) is 40.8. The van der Waals surface area contributed by atoms with Crippen molar-refractivity contribution in [3.05, 3.63) is 35.1 Å². The number of piperidine rings is 1. The molecule has 2 aliphatic heterocycles. The summed E-state index contributed by atoms with van der Waals surface area (Å²) >= 11 is 0. The second-order valence-corrected chi connectivity index (χ2v) is 10.6. The van der Waals surface area contributed by atoms with Gasteiger partial charge in [0.1, 0.15) is 5.60 Å². The molecule has 2 amide bonds. The molecule has 8 nitrogen and oxygen atoms in total. The fourth-order valence-corrected chi connectivity index (χ4v) is 4.61. The van der Waals surface area contributed by atoms with Crippen LogP contribution in [0.4, 0.5) is 4.79 Å². The molecule has 0 bridgehead atoms. The predicted molar refractivity (Wildman–Crippen MR) is 130 cm³/mol. The van der Waals surface area contributed by atoms with Gasteiger partial charge >= 0.3 is 12.1 Å². The molecule has 1 fully saturated rings. The van der Waals surface area contributed by atoms with Gasteiger partial charge in [-0.25, -0.2) is 4.79 Å². The summed E-state index contributed by atoms with van der Waals surface area (Å²) in [7, 11) is 0. The van der Waals surface area contributed by atoms with E-state index in [4.69, 9.17) is 15.2 Å². The van der Waals surface area contributed by atoms with Crippen molar-refractivity contribution in [1.82, 2.24) is 9.80 Å². The van der Waals surface area contributed by atoms with Crippen LogP contribution in [-0.2, 0) is 19.1 Å². The van der Waals surface area contributed by atoms with E-state index >= 15 is 0 Å². The SMILES string of the molecule is CCOC(=O)C1CCN(C2=CC(C)(C(N)=O)CC=C2C2=CCN(C(=O)OC(C)(C)C)CC2)CC1. The van der Waals surface area contributed by atoms with Crippen LogP contribution in [0.5, 0.6) is 0 Å². The van der Waals surface area contributed by atoms with Gasteiger partial charge in [-0.2, -0.15) is 0 Å². The normalized spacial score (nSPS) is 24.1. The molecule has 0 spiro atoms. The van der Waals surface area contributed by atoms with Crippen LogP contribution in [0.15, 0.2) is 35.1 Å². The number of rotatable bonds is 5. The van der Waals surface area contributed by atoms with Crippen molar-refractivity contribution in [2.24, 2.45) is 17.1 Å². The highest BCUT2D eigenvalue weighted by Gasteiger charge is 2.36. The van der Waals surface area contributed by atoms with Crippen molar-refractivity contribution >= 4 is 18.0 Å². The zero-order valence-electron chi connectivity index (χ0n) is 21.2. The smallest absolute Gasteiger partial charge is 0.410 e. The third-order valence-electron chi connectivity index (χ3n) is 6.69. The molecule has 0 radical (unpaired) electrons. The Kier molecular flexibility index (Phi) is 7.78. The van der Waals surface area contributed by atoms with Crippen molar-refractivity contribution in [3.63, 3.8) is 0 Å². The molecule has 3 rings (SSSR count). The Morgan fingerprint density at radius 3 is 2.35 bits per heavy atom. The lowest BCUT2D eigenvalue weighted by molar-refractivity contribution is -0.149. The second-order valence-electron chi connectivity index (χ2n) is 10.6. The third kappa shape index (κ3) is 6.02. The van der Waals surface area contributed by atoms with Gasteiger partial charge in [-0.15, -0.1) is 0 Å². The lowest BCUT2D eigenvalue weighted by Crippen LogP contribution is -2.42. The van der Waals surface area contributed by atoms with Crippen LogP contribution in [0, 0.1) is 11.3 Å². The zero-order chi connectivity index (χ0) is 25.1. The Morgan fingerprint density at radius 2 is 1.82 bits per heavy atom. The van der Waals surface area contributed by atoms with Crippen LogP contribution in [0.3, 0.4) is 0 Å². The minimum absolute atomic E-state index is 0.0911. The highest BCUT2D eigenvalue weighted by Crippen LogP contribution is 2.40. The number of amides is 2. The number of esters is 1. The number of hydrogen-bond donors (Lipinski definition) is 1. The molecular weight excluding hydrogens is 434 g/mol. The van der Waals surface area contributed by atoms with Gasteiger partial charge in [0.25, 0.3) is 0 Å². The van der Waals surface area contributed by atoms with Gasteiger partial charge in [-0.3, -0.25) is 9.59 Å². The molecule has 0 aromatic carbocycles. The first-order valence-electron chi connectivity index (χ1n) is 12.3. The summed E-state index contributed by atoms with van der Waals surface area (Å²) < 4.78 is 10.7. The van der Waals surface area contributed by atoms with Gasteiger partial charge in [0, 0.05) is 31.9 Å². The fourth-order valence-electron chi connectivity index (χ4n) is 4.61. The van der Waals surface area contributed by atoms with Crippen molar-refractivity contribution in [1.29, 1.82) is 0 Å². The van der Waals surface area contributed by atoms with Gasteiger partial charge in [0.15, 0.2) is 0 Å². The molecule has 1 saturated heterocycles. The van der Waals surface area contributed by atoms with Crippen LogP contribution < -0.4 is 5.73 Å². The first-order valence-corrected chi connectivity index (χ1v) is 12.3. The van der Waals surface area contributed by atoms with Crippen LogP contribution in [0.25, 0.3) is 0 Å². The van der Waals surface area contributed by atoms with Gasteiger partial charge in [0.2, 0.25) is 5.91 Å². The maximum absolute atomic E-state index is 12.5. The predicted octanol–water partition coefficient (Wildman–Crippen LogP) is 3.53. The molecule has 34 heavy (non-hydrogen) atoms. The number of nitrogens with two attached hydrogens (primary N) is 1. The first-order chi connectivity index (χ1) is 15.9. The Balaban J connectivity index is 1.77. The monoisotopic (exact) mass is 473 g/mol. The maximum Gasteiger partial charge on any atom is 0.410 e. The molecule has 188 valence electrons. The van der Waals surface area contributed by atoms with Crippen LogP contribution in [0.2, 0.25) is 0 Å². The largest absolute Gasteiger partial charge is 0.466 e. The highest BCUT2D eigenvalue weighted by molar-refractivity contribution is 5.84. The number of primary amides is 1. The van der Waals surface area contributed by atoms with E-state index in [-0.39, 0.29) is 23.9 Å². The van der Waals surface area contributed by atoms with Gasteiger partial charge in [-0.05, 0) is 77.5 Å². The summed E-state index contributed by atoms with van der Waals surface area (Å²) in [6.07, 6.45) is 8.53. The molecule has 1 aliphatic carbocycles. The van der Waals surface area contributed by atoms with Crippen molar-refractivity contribution in [3.8, 4) is 0 Å². The molecular formula is C26H39N3O5. The van der Waals surface area contributed by atoms with Gasteiger partial charge in [-0.1, -0.05) is 12.2 Å². The minimum Gasteiger partial charge on any atom is -0.466 e. The van der Waals surface area contributed by atoms with E-state index in [1.54, 1.807) is 4.90 Å². The second kappa shape index (κ2) is 10.2. The Hall–Kier alpha value is -2.77. The molecule has 3 aliphatic rings. The van der Waals surface area contributed by atoms with E-state index < -0.39 is 11.0 Å². The summed E-state index contributed by atoms with van der Waals surface area (Å²) in [5.41, 5.74) is 7.71. The molecule has 1 atom stereocenters. The van der Waals surface area contributed by atoms with E-state index in [2.05, 4.69) is 17.1 Å². The number of ether oxygens (including phenoxy) is 2. The molecule has 1 unspecified atom stereocenters. The van der Waals surface area contributed by atoms with E-state index in [1.807, 2.05) is 40.7 Å². The van der Waals surface area contributed by atoms with Crippen molar-refractivity contribution in [2.45, 2.75) is 65.9 Å². The quantitative estimate of drug-likeness (QED) is 0.613. The zero-order valence-corrected chi connectivity index (χ0v) is 21.2. The fraction of sp³-hybridized carbons (Fsp3) is 0.654. The Morgan fingerprint density at radius 1 is 1.15 bits per heavy atom. The van der Waals surface area contributed by atoms with Crippen LogP contribution >= 0.6 is 0 Å². The number of nitrogens with zero attached hydrogens (tertiary/aromatic N) is 2. The summed E-state index contributed by atoms with van der Waals surface area (Å²) in [6, 6.07) is 0. The van der Waals surface area contributed by atoms with Crippen molar-refractivity contribution < 1.29 is 23.9 Å². The van der Waals surface area contributed by atoms with Crippen LogP contribution in [-0.4, -0.2) is 66.2 Å². The number of carbonyl (C=O) groups excluding carboxylic acids is 3. The minimum atomic E-state index is -0.755. The molecule has 2 N–H and O–H groups in total. The topological polar surface area (TPSA) is 102 Å². The summed E-state index contributed by atoms with van der Waals surface area (Å²) in [5, 5.41) is 0. The van der Waals surface area contributed by atoms with Gasteiger partial charge in [0.05, 0.1) is 17.9 Å². The maximum atomic E-state index is 12.5. The Bertz CT molecular complexity index is 906. The Labute approximate surface area is 202 Å². The molecule has 0 aromatic heterocycles. The van der Waals surface area contributed by atoms with E-state index in [0.717, 1.165) is 16.8 Å². The van der Waals surface area contributed by atoms with E-state index in [9.17, 15) is 14.4 Å². The lowest BCUT2D eigenvalue weighted by atomic mass is 9.77. The molecule has 8 heteroatoms. The highest BCUT2D eigenvalue weighted by atomic mass is 16.6. The van der Waals surface area contributed by atoms with E-state index in [0.29, 0.717) is 58.5 Å².